The summed E-state index contributed by atoms with van der Waals surface area (Å²) in [4.78, 5) is 21.9. The average molecular weight is 308 g/mol. The highest BCUT2D eigenvalue weighted by molar-refractivity contribution is 5.73. The van der Waals surface area contributed by atoms with E-state index in [2.05, 4.69) is 10.6 Å². The molecular formula is C16H24N2O4. The number of methoxy groups -OCH3 is 1. The Morgan fingerprint density at radius 3 is 2.36 bits per heavy atom. The number of benzene rings is 1. The normalized spacial score (nSPS) is 10.0. The first kappa shape index (κ1) is 17.8. The fourth-order valence-electron chi connectivity index (χ4n) is 1.95. The van der Waals surface area contributed by atoms with Crippen LogP contribution < -0.4 is 15.4 Å². The molecule has 3 N–H and O–H groups in total. The third-order valence-corrected chi connectivity index (χ3v) is 3.21. The highest BCUT2D eigenvalue weighted by atomic mass is 16.5. The van der Waals surface area contributed by atoms with Crippen molar-refractivity contribution in [1.29, 1.82) is 0 Å². The second-order valence-electron chi connectivity index (χ2n) is 4.99. The molecule has 6 nitrogen and oxygen atoms in total. The number of hydrogen-bond donors (Lipinski definition) is 3. The molecule has 0 heterocycles. The Hall–Kier alpha value is -2.24. The maximum atomic E-state index is 11.5. The van der Waals surface area contributed by atoms with Gasteiger partial charge in [-0.25, -0.2) is 4.79 Å². The van der Waals surface area contributed by atoms with E-state index in [4.69, 9.17) is 9.84 Å². The molecule has 2 amide bonds. The second-order valence-corrected chi connectivity index (χ2v) is 4.99. The van der Waals surface area contributed by atoms with Crippen molar-refractivity contribution in [3.8, 4) is 5.75 Å². The molecule has 0 bridgehead atoms. The Bertz CT molecular complexity index is 460. The van der Waals surface area contributed by atoms with Crippen LogP contribution in [0.25, 0.3) is 0 Å². The number of amides is 2. The van der Waals surface area contributed by atoms with E-state index < -0.39 is 5.97 Å². The summed E-state index contributed by atoms with van der Waals surface area (Å²) in [6, 6.07) is 7.55. The van der Waals surface area contributed by atoms with Crippen LogP contribution in [0.3, 0.4) is 0 Å². The number of aliphatic carboxylic acids is 1. The van der Waals surface area contributed by atoms with E-state index in [1.807, 2.05) is 24.3 Å². The SMILES string of the molecule is COc1ccc(CCNC(=O)NCCCCCC(=O)O)cc1. The molecule has 0 unspecified atom stereocenters. The summed E-state index contributed by atoms with van der Waals surface area (Å²) in [5.74, 6) is 0.0431. The van der Waals surface area contributed by atoms with Gasteiger partial charge in [-0.1, -0.05) is 18.6 Å². The largest absolute Gasteiger partial charge is 0.497 e. The number of urea groups is 1. The van der Waals surface area contributed by atoms with E-state index >= 15 is 0 Å². The molecule has 0 fully saturated rings. The second kappa shape index (κ2) is 10.5. The van der Waals surface area contributed by atoms with Crippen molar-refractivity contribution < 1.29 is 19.4 Å². The van der Waals surface area contributed by atoms with Gasteiger partial charge in [-0.3, -0.25) is 4.79 Å². The lowest BCUT2D eigenvalue weighted by atomic mass is 10.1. The fourth-order valence-corrected chi connectivity index (χ4v) is 1.95. The number of carboxylic acid groups (broad SMARTS) is 1. The molecule has 0 saturated carbocycles. The Balaban J connectivity index is 2.04. The molecule has 0 aliphatic rings. The van der Waals surface area contributed by atoms with E-state index in [0.29, 0.717) is 19.5 Å². The van der Waals surface area contributed by atoms with Crippen LogP contribution in [-0.4, -0.2) is 37.3 Å². The summed E-state index contributed by atoms with van der Waals surface area (Å²) >= 11 is 0. The first-order valence-electron chi connectivity index (χ1n) is 7.48. The van der Waals surface area contributed by atoms with E-state index in [0.717, 1.165) is 30.6 Å². The van der Waals surface area contributed by atoms with E-state index in [-0.39, 0.29) is 12.5 Å². The van der Waals surface area contributed by atoms with E-state index in [9.17, 15) is 9.59 Å². The lowest BCUT2D eigenvalue weighted by molar-refractivity contribution is -0.137. The number of rotatable bonds is 10. The van der Waals surface area contributed by atoms with Crippen LogP contribution in [0.5, 0.6) is 5.75 Å². The van der Waals surface area contributed by atoms with Crippen molar-refractivity contribution in [2.45, 2.75) is 32.1 Å². The van der Waals surface area contributed by atoms with Gasteiger partial charge in [0.1, 0.15) is 5.75 Å². The maximum Gasteiger partial charge on any atom is 0.314 e. The topological polar surface area (TPSA) is 87.7 Å². The summed E-state index contributed by atoms with van der Waals surface area (Å²) < 4.78 is 5.08. The molecule has 0 aliphatic carbocycles. The Labute approximate surface area is 130 Å². The van der Waals surface area contributed by atoms with Crippen LogP contribution >= 0.6 is 0 Å². The van der Waals surface area contributed by atoms with Crippen molar-refractivity contribution in [3.63, 3.8) is 0 Å². The minimum atomic E-state index is -0.774. The molecule has 0 aliphatic heterocycles. The van der Waals surface area contributed by atoms with Gasteiger partial charge in [-0.05, 0) is 37.0 Å². The first-order chi connectivity index (χ1) is 10.6. The van der Waals surface area contributed by atoms with Crippen LogP contribution in [0.1, 0.15) is 31.2 Å². The van der Waals surface area contributed by atoms with E-state index in [1.54, 1.807) is 7.11 Å². The Morgan fingerprint density at radius 2 is 1.73 bits per heavy atom. The molecule has 0 aromatic heterocycles. The fraction of sp³-hybridized carbons (Fsp3) is 0.500. The van der Waals surface area contributed by atoms with Crippen LogP contribution in [0, 0.1) is 0 Å². The van der Waals surface area contributed by atoms with Crippen molar-refractivity contribution in [3.05, 3.63) is 29.8 Å². The number of carboxylic acids is 1. The number of hydrogen-bond acceptors (Lipinski definition) is 3. The smallest absolute Gasteiger partial charge is 0.314 e. The van der Waals surface area contributed by atoms with Crippen molar-refractivity contribution >= 4 is 12.0 Å². The zero-order valence-electron chi connectivity index (χ0n) is 12.9. The van der Waals surface area contributed by atoms with Gasteiger partial charge in [-0.15, -0.1) is 0 Å². The highest BCUT2D eigenvalue weighted by Gasteiger charge is 2.01. The zero-order chi connectivity index (χ0) is 16.2. The monoisotopic (exact) mass is 308 g/mol. The van der Waals surface area contributed by atoms with E-state index in [1.165, 1.54) is 0 Å². The third kappa shape index (κ3) is 8.14. The molecular weight excluding hydrogens is 284 g/mol. The minimum absolute atomic E-state index is 0.188. The molecule has 0 atom stereocenters. The van der Waals surface area contributed by atoms with Crippen LogP contribution in [0.4, 0.5) is 4.79 Å². The summed E-state index contributed by atoms with van der Waals surface area (Å²) in [5, 5.41) is 14.0. The molecule has 0 saturated heterocycles. The molecule has 0 spiro atoms. The predicted molar refractivity (Wildman–Crippen MR) is 84.2 cm³/mol. The summed E-state index contributed by atoms with van der Waals surface area (Å²) in [5.41, 5.74) is 1.13. The zero-order valence-corrected chi connectivity index (χ0v) is 12.9. The number of carbonyl (C=O) groups is 2. The van der Waals surface area contributed by atoms with Gasteiger partial charge in [0.2, 0.25) is 0 Å². The predicted octanol–water partition coefficient (Wildman–Crippen LogP) is 2.18. The standard InChI is InChI=1S/C16H24N2O4/c1-22-14-8-6-13(7-9-14)10-12-18-16(21)17-11-4-2-3-5-15(19)20/h6-9H,2-5,10-12H2,1H3,(H,19,20)(H2,17,18,21). The lowest BCUT2D eigenvalue weighted by Crippen LogP contribution is -2.37. The Kier molecular flexibility index (Phi) is 8.49. The van der Waals surface area contributed by atoms with Crippen molar-refractivity contribution in [2.75, 3.05) is 20.2 Å². The van der Waals surface area contributed by atoms with Gasteiger partial charge in [-0.2, -0.15) is 0 Å². The number of carbonyl (C=O) groups excluding carboxylic acids is 1. The molecule has 0 radical (unpaired) electrons. The third-order valence-electron chi connectivity index (χ3n) is 3.21. The molecule has 1 aromatic rings. The van der Waals surface area contributed by atoms with Crippen molar-refractivity contribution in [2.24, 2.45) is 0 Å². The Morgan fingerprint density at radius 1 is 1.05 bits per heavy atom. The van der Waals surface area contributed by atoms with Gasteiger partial charge < -0.3 is 20.5 Å². The minimum Gasteiger partial charge on any atom is -0.497 e. The average Bonchev–Trinajstić information content (AvgIpc) is 2.51. The summed E-state index contributed by atoms with van der Waals surface area (Å²) in [6.07, 6.45) is 3.19. The first-order valence-corrected chi connectivity index (χ1v) is 7.48. The quantitative estimate of drug-likeness (QED) is 0.578. The highest BCUT2D eigenvalue weighted by Crippen LogP contribution is 2.11. The molecule has 22 heavy (non-hydrogen) atoms. The van der Waals surface area contributed by atoms with Crippen LogP contribution in [0.2, 0.25) is 0 Å². The number of nitrogens with one attached hydrogen (secondary N) is 2. The van der Waals surface area contributed by atoms with Gasteiger partial charge in [0.15, 0.2) is 0 Å². The van der Waals surface area contributed by atoms with Gasteiger partial charge in [0.25, 0.3) is 0 Å². The molecule has 1 rings (SSSR count). The van der Waals surface area contributed by atoms with Gasteiger partial charge in [0.05, 0.1) is 7.11 Å². The molecule has 1 aromatic carbocycles. The van der Waals surface area contributed by atoms with Crippen LogP contribution in [0.15, 0.2) is 24.3 Å². The van der Waals surface area contributed by atoms with Gasteiger partial charge in [0, 0.05) is 19.5 Å². The maximum absolute atomic E-state index is 11.5. The number of unbranched alkanes of at least 4 members (excludes halogenated alkanes) is 2. The van der Waals surface area contributed by atoms with Crippen LogP contribution in [-0.2, 0) is 11.2 Å². The lowest BCUT2D eigenvalue weighted by Gasteiger charge is -2.08. The van der Waals surface area contributed by atoms with Crippen molar-refractivity contribution in [1.82, 2.24) is 10.6 Å². The van der Waals surface area contributed by atoms with Gasteiger partial charge >= 0.3 is 12.0 Å². The summed E-state index contributed by atoms with van der Waals surface area (Å²) in [6.45, 7) is 1.13. The molecule has 6 heteroatoms. The number of ether oxygens (including phenoxy) is 1. The summed E-state index contributed by atoms with van der Waals surface area (Å²) in [7, 11) is 1.63. The molecule has 122 valence electrons.